The first-order chi connectivity index (χ1) is 21.1. The molecule has 0 radical (unpaired) electrons. The van der Waals surface area contributed by atoms with Crippen LogP contribution in [0.15, 0.2) is 59.9 Å². The number of pyridine rings is 3. The molecule has 2 fully saturated rings. The third-order valence-corrected chi connectivity index (χ3v) is 11.1. The van der Waals surface area contributed by atoms with Crippen LogP contribution < -0.4 is 14.5 Å². The molecule has 0 atom stereocenters. The molecule has 4 aromatic rings. The maximum atomic E-state index is 13.6. The van der Waals surface area contributed by atoms with E-state index in [0.29, 0.717) is 17.5 Å². The highest BCUT2D eigenvalue weighted by Gasteiger charge is 2.54. The first-order valence-electron chi connectivity index (χ1n) is 15.2. The molecule has 0 unspecified atom stereocenters. The van der Waals surface area contributed by atoms with Gasteiger partial charge in [0.05, 0.1) is 28.5 Å². The highest BCUT2D eigenvalue weighted by molar-refractivity contribution is 7.92. The minimum absolute atomic E-state index is 0. The molecule has 1 saturated carbocycles. The lowest BCUT2D eigenvalue weighted by molar-refractivity contribution is -0.125. The number of halogens is 1. The van der Waals surface area contributed by atoms with Gasteiger partial charge in [0, 0.05) is 60.8 Å². The fourth-order valence-electron chi connectivity index (χ4n) is 7.00. The van der Waals surface area contributed by atoms with E-state index in [0.717, 1.165) is 84.2 Å². The molecule has 236 valence electrons. The predicted molar refractivity (Wildman–Crippen MR) is 180 cm³/mol. The van der Waals surface area contributed by atoms with Crippen molar-refractivity contribution in [3.63, 3.8) is 0 Å². The van der Waals surface area contributed by atoms with Gasteiger partial charge in [0.1, 0.15) is 4.90 Å². The Hall–Kier alpha value is -3.80. The molecule has 3 aromatic heterocycles. The SMILES string of the molecule is Cc1ccc(S(=O)(=O)Nc2cc(-c3ccc4ncc5c(c4c3)C3(CCC3)C(=O)N5C)cnc2N2CCC(N(C)C)CC2)cn1.Cl. The molecule has 2 aliphatic heterocycles. The summed E-state index contributed by atoms with van der Waals surface area (Å²) in [6.45, 7) is 3.36. The number of carbonyl (C=O) groups is 1. The number of hydrogen-bond acceptors (Lipinski definition) is 8. The van der Waals surface area contributed by atoms with Crippen LogP contribution in [0.4, 0.5) is 17.2 Å². The van der Waals surface area contributed by atoms with E-state index in [4.69, 9.17) is 4.98 Å². The van der Waals surface area contributed by atoms with Crippen molar-refractivity contribution in [2.24, 2.45) is 0 Å². The van der Waals surface area contributed by atoms with Gasteiger partial charge in [-0.05, 0) is 82.6 Å². The van der Waals surface area contributed by atoms with Crippen molar-refractivity contribution in [1.29, 1.82) is 0 Å². The molecule has 45 heavy (non-hydrogen) atoms. The summed E-state index contributed by atoms with van der Waals surface area (Å²) in [6.07, 6.45) is 9.63. The largest absolute Gasteiger partial charge is 0.355 e. The maximum absolute atomic E-state index is 13.6. The summed E-state index contributed by atoms with van der Waals surface area (Å²) in [5.74, 6) is 0.753. The standard InChI is InChI=1S/C33H37N7O3S.ClH/c1-21-6-8-25(19-34-21)44(42,43)37-28-17-23(18-36-31(28)40-14-10-24(11-15-40)38(2)3)22-7-9-27-26(16-22)30-29(20-35-27)39(4)32(41)33(30)12-5-13-33;/h6-9,16-20,24,37H,5,10-15H2,1-4H3;1H. The molecule has 10 nitrogen and oxygen atoms in total. The molecule has 7 rings (SSSR count). The number of anilines is 3. The van der Waals surface area contributed by atoms with Gasteiger partial charge < -0.3 is 14.7 Å². The number of piperidine rings is 1. The molecule has 1 spiro atoms. The number of benzene rings is 1. The lowest BCUT2D eigenvalue weighted by Crippen LogP contribution is -2.43. The monoisotopic (exact) mass is 647 g/mol. The summed E-state index contributed by atoms with van der Waals surface area (Å²) in [4.78, 5) is 33.3. The van der Waals surface area contributed by atoms with Crippen LogP contribution in [0.2, 0.25) is 0 Å². The lowest BCUT2D eigenvalue weighted by Gasteiger charge is -2.37. The Bertz CT molecular complexity index is 1890. The first kappa shape index (κ1) is 31.2. The maximum Gasteiger partial charge on any atom is 0.263 e. The van der Waals surface area contributed by atoms with Gasteiger partial charge in [0.15, 0.2) is 5.82 Å². The minimum Gasteiger partial charge on any atom is -0.355 e. The number of aromatic nitrogens is 3. The summed E-state index contributed by atoms with van der Waals surface area (Å²) < 4.78 is 30.0. The molecule has 1 amide bonds. The average Bonchev–Trinajstić information content (AvgIpc) is 3.24. The molecule has 1 N–H and O–H groups in total. The van der Waals surface area contributed by atoms with Gasteiger partial charge in [-0.1, -0.05) is 12.5 Å². The van der Waals surface area contributed by atoms with E-state index >= 15 is 0 Å². The predicted octanol–water partition coefficient (Wildman–Crippen LogP) is 5.15. The zero-order valence-electron chi connectivity index (χ0n) is 25.9. The van der Waals surface area contributed by atoms with Crippen LogP contribution in [0, 0.1) is 6.92 Å². The zero-order valence-corrected chi connectivity index (χ0v) is 27.6. The second kappa shape index (κ2) is 11.5. The van der Waals surface area contributed by atoms with Crippen LogP contribution >= 0.6 is 12.4 Å². The van der Waals surface area contributed by atoms with Crippen molar-refractivity contribution in [2.75, 3.05) is 48.8 Å². The van der Waals surface area contributed by atoms with Crippen molar-refractivity contribution in [2.45, 2.75) is 55.4 Å². The van der Waals surface area contributed by atoms with Gasteiger partial charge >= 0.3 is 0 Å². The summed E-state index contributed by atoms with van der Waals surface area (Å²) in [6, 6.07) is 11.6. The van der Waals surface area contributed by atoms with Crippen LogP contribution in [0.1, 0.15) is 43.4 Å². The molecular formula is C33H38ClN7O3S. The van der Waals surface area contributed by atoms with E-state index in [1.165, 1.54) is 6.20 Å². The van der Waals surface area contributed by atoms with Crippen LogP contribution in [0.3, 0.4) is 0 Å². The Morgan fingerprint density at radius 3 is 2.36 bits per heavy atom. The van der Waals surface area contributed by atoms with Crippen molar-refractivity contribution in [3.8, 4) is 11.1 Å². The quantitative estimate of drug-likeness (QED) is 0.306. The third kappa shape index (κ3) is 5.20. The zero-order chi connectivity index (χ0) is 30.8. The van der Waals surface area contributed by atoms with Crippen molar-refractivity contribution >= 4 is 56.4 Å². The normalized spacial score (nSPS) is 17.8. The highest BCUT2D eigenvalue weighted by Crippen LogP contribution is 2.55. The summed E-state index contributed by atoms with van der Waals surface area (Å²) in [7, 11) is 2.10. The molecule has 1 aromatic carbocycles. The third-order valence-electron chi connectivity index (χ3n) is 9.74. The molecule has 1 aliphatic carbocycles. The van der Waals surface area contributed by atoms with Crippen molar-refractivity contribution in [3.05, 3.63) is 66.2 Å². The smallest absolute Gasteiger partial charge is 0.263 e. The van der Waals surface area contributed by atoms with E-state index in [1.54, 1.807) is 17.0 Å². The molecule has 5 heterocycles. The number of nitrogens with one attached hydrogen (secondary N) is 1. The molecule has 12 heteroatoms. The van der Waals surface area contributed by atoms with Gasteiger partial charge in [-0.2, -0.15) is 0 Å². The van der Waals surface area contributed by atoms with Gasteiger partial charge in [-0.25, -0.2) is 13.4 Å². The fraction of sp³-hybridized carbons (Fsp3) is 0.394. The van der Waals surface area contributed by atoms with E-state index in [2.05, 4.69) is 44.7 Å². The van der Waals surface area contributed by atoms with Gasteiger partial charge in [0.2, 0.25) is 5.91 Å². The Morgan fingerprint density at radius 1 is 0.956 bits per heavy atom. The van der Waals surface area contributed by atoms with Crippen LogP contribution in [0.5, 0.6) is 0 Å². The number of amides is 1. The number of likely N-dealkylation sites (N-methyl/N-ethyl adjacent to an activating group) is 1. The summed E-state index contributed by atoms with van der Waals surface area (Å²) in [5, 5.41) is 0.958. The van der Waals surface area contributed by atoms with Crippen molar-refractivity contribution in [1.82, 2.24) is 19.9 Å². The lowest BCUT2D eigenvalue weighted by atomic mass is 9.64. The van der Waals surface area contributed by atoms with E-state index in [1.807, 2.05) is 44.6 Å². The highest BCUT2D eigenvalue weighted by atomic mass is 35.5. The fourth-order valence-corrected chi connectivity index (χ4v) is 8.00. The number of rotatable bonds is 6. The minimum atomic E-state index is -3.92. The second-order valence-electron chi connectivity index (χ2n) is 12.6. The van der Waals surface area contributed by atoms with Crippen molar-refractivity contribution < 1.29 is 13.2 Å². The van der Waals surface area contributed by atoms with Gasteiger partial charge in [-0.15, -0.1) is 12.4 Å². The topological polar surface area (TPSA) is 112 Å². The molecular weight excluding hydrogens is 610 g/mol. The molecule has 0 bridgehead atoms. The Kier molecular flexibility index (Phi) is 7.99. The Labute approximate surface area is 270 Å². The van der Waals surface area contributed by atoms with E-state index in [9.17, 15) is 13.2 Å². The second-order valence-corrected chi connectivity index (χ2v) is 14.3. The van der Waals surface area contributed by atoms with E-state index in [-0.39, 0.29) is 23.2 Å². The van der Waals surface area contributed by atoms with Gasteiger partial charge in [-0.3, -0.25) is 19.5 Å². The Balaban J connectivity index is 0.00000357. The number of fused-ring (bicyclic) bond motifs is 4. The van der Waals surface area contributed by atoms with Crippen LogP contribution in [-0.2, 0) is 20.2 Å². The number of nitrogens with zero attached hydrogens (tertiary/aromatic N) is 6. The number of sulfonamides is 1. The van der Waals surface area contributed by atoms with E-state index < -0.39 is 15.4 Å². The molecule has 1 saturated heterocycles. The average molecular weight is 648 g/mol. The molecule has 3 aliphatic rings. The summed E-state index contributed by atoms with van der Waals surface area (Å²) >= 11 is 0. The number of aryl methyl sites for hydroxylation is 1. The van der Waals surface area contributed by atoms with Gasteiger partial charge in [0.25, 0.3) is 10.0 Å². The van der Waals surface area contributed by atoms with Crippen LogP contribution in [-0.4, -0.2) is 74.5 Å². The first-order valence-corrected chi connectivity index (χ1v) is 16.6. The number of carbonyl (C=O) groups excluding carboxylic acids is 1. The van der Waals surface area contributed by atoms with Crippen LogP contribution in [0.25, 0.3) is 22.0 Å². The Morgan fingerprint density at radius 2 is 1.71 bits per heavy atom. The summed E-state index contributed by atoms with van der Waals surface area (Å²) in [5.41, 5.74) is 5.11. The number of hydrogen-bond donors (Lipinski definition) is 1.